The second-order valence-corrected chi connectivity index (χ2v) is 7.61. The Morgan fingerprint density at radius 3 is 2.27 bits per heavy atom. The van der Waals surface area contributed by atoms with Gasteiger partial charge in [0.15, 0.2) is 6.10 Å². The molecule has 1 heterocycles. The molecule has 172 valence electrons. The molecule has 0 saturated carbocycles. The van der Waals surface area contributed by atoms with Gasteiger partial charge in [-0.15, -0.1) is 0 Å². The van der Waals surface area contributed by atoms with Crippen LogP contribution in [0.5, 0.6) is 0 Å². The first-order chi connectivity index (χ1) is 15.7. The quantitative estimate of drug-likeness (QED) is 0.536. The van der Waals surface area contributed by atoms with Crippen LogP contribution in [0.4, 0.5) is 5.69 Å². The van der Waals surface area contributed by atoms with E-state index < -0.39 is 36.0 Å². The maximum atomic E-state index is 12.9. The minimum Gasteiger partial charge on any atom is -0.451 e. The predicted molar refractivity (Wildman–Crippen MR) is 123 cm³/mol. The van der Waals surface area contributed by atoms with Crippen molar-refractivity contribution in [1.29, 1.82) is 0 Å². The first kappa shape index (κ1) is 23.5. The zero-order valence-electron chi connectivity index (χ0n) is 18.9. The number of aryl methyl sites for hydroxylation is 1. The number of aromatic nitrogens is 2. The van der Waals surface area contributed by atoms with Gasteiger partial charge in [-0.05, 0) is 45.0 Å². The Labute approximate surface area is 191 Å². The molecule has 9 nitrogen and oxygen atoms in total. The van der Waals surface area contributed by atoms with Gasteiger partial charge in [-0.2, -0.15) is 0 Å². The van der Waals surface area contributed by atoms with E-state index in [2.05, 4.69) is 10.6 Å². The van der Waals surface area contributed by atoms with Crippen LogP contribution in [0.15, 0.2) is 59.4 Å². The number of para-hydroxylation sites is 1. The molecule has 2 aromatic carbocycles. The molecule has 0 spiro atoms. The smallest absolute Gasteiger partial charge is 0.326 e. The third-order valence-electron chi connectivity index (χ3n) is 5.19. The van der Waals surface area contributed by atoms with E-state index in [0.717, 1.165) is 5.56 Å². The Balaban J connectivity index is 1.60. The van der Waals surface area contributed by atoms with Crippen molar-refractivity contribution in [3.8, 4) is 5.69 Å². The Morgan fingerprint density at radius 2 is 1.64 bits per heavy atom. The third-order valence-corrected chi connectivity index (χ3v) is 5.19. The maximum absolute atomic E-state index is 12.9. The number of carbonyl (C=O) groups excluding carboxylic acids is 3. The van der Waals surface area contributed by atoms with Gasteiger partial charge in [0.2, 0.25) is 0 Å². The van der Waals surface area contributed by atoms with Crippen LogP contribution in [0.25, 0.3) is 5.69 Å². The van der Waals surface area contributed by atoms with Crippen molar-refractivity contribution in [2.75, 3.05) is 11.9 Å². The van der Waals surface area contributed by atoms with E-state index in [9.17, 15) is 19.2 Å². The van der Waals surface area contributed by atoms with Crippen LogP contribution < -0.4 is 16.2 Å². The molecule has 3 rings (SSSR count). The highest BCUT2D eigenvalue weighted by atomic mass is 16.5. The van der Waals surface area contributed by atoms with E-state index in [1.165, 1.54) is 11.6 Å². The molecule has 0 radical (unpaired) electrons. The van der Waals surface area contributed by atoms with Gasteiger partial charge in [0.1, 0.15) is 12.2 Å². The summed E-state index contributed by atoms with van der Waals surface area (Å²) in [5.41, 5.74) is 2.31. The SMILES string of the molecule is Cc1ccc(C(=O)NCC(=O)OC(C)C(=O)Nc2c(C)n(C)n(-c3ccccc3)c2=O)cc1. The van der Waals surface area contributed by atoms with Crippen LogP contribution in [-0.2, 0) is 21.4 Å². The molecule has 0 saturated heterocycles. The first-order valence-corrected chi connectivity index (χ1v) is 10.4. The van der Waals surface area contributed by atoms with Crippen molar-refractivity contribution in [2.24, 2.45) is 7.05 Å². The van der Waals surface area contributed by atoms with E-state index in [0.29, 0.717) is 16.9 Å². The monoisotopic (exact) mass is 450 g/mol. The number of esters is 1. The Hall–Kier alpha value is -4.14. The highest BCUT2D eigenvalue weighted by Crippen LogP contribution is 2.14. The average molecular weight is 450 g/mol. The molecule has 3 aromatic rings. The van der Waals surface area contributed by atoms with Crippen molar-refractivity contribution in [3.05, 3.63) is 81.8 Å². The Morgan fingerprint density at radius 1 is 1.00 bits per heavy atom. The number of carbonyl (C=O) groups is 3. The molecular weight excluding hydrogens is 424 g/mol. The van der Waals surface area contributed by atoms with Crippen molar-refractivity contribution >= 4 is 23.5 Å². The second kappa shape index (κ2) is 9.99. The number of hydrogen-bond donors (Lipinski definition) is 2. The number of benzene rings is 2. The van der Waals surface area contributed by atoms with E-state index in [-0.39, 0.29) is 5.69 Å². The lowest BCUT2D eigenvalue weighted by Crippen LogP contribution is -2.36. The number of anilines is 1. The van der Waals surface area contributed by atoms with Gasteiger partial charge in [0, 0.05) is 12.6 Å². The summed E-state index contributed by atoms with van der Waals surface area (Å²) in [6, 6.07) is 15.9. The Kier molecular flexibility index (Phi) is 7.12. The Bertz CT molecular complexity index is 1230. The molecule has 0 aliphatic heterocycles. The van der Waals surface area contributed by atoms with Gasteiger partial charge in [0.25, 0.3) is 17.4 Å². The fraction of sp³-hybridized carbons (Fsp3) is 0.250. The lowest BCUT2D eigenvalue weighted by Gasteiger charge is -2.13. The van der Waals surface area contributed by atoms with Crippen molar-refractivity contribution in [2.45, 2.75) is 26.9 Å². The summed E-state index contributed by atoms with van der Waals surface area (Å²) in [5, 5.41) is 5.01. The number of rotatable bonds is 7. The summed E-state index contributed by atoms with van der Waals surface area (Å²) in [6.07, 6.45) is -1.17. The van der Waals surface area contributed by atoms with Crippen LogP contribution in [0.3, 0.4) is 0 Å². The number of hydrogen-bond acceptors (Lipinski definition) is 5. The fourth-order valence-corrected chi connectivity index (χ4v) is 3.19. The lowest BCUT2D eigenvalue weighted by atomic mass is 10.1. The molecule has 0 aliphatic rings. The molecule has 0 fully saturated rings. The first-order valence-electron chi connectivity index (χ1n) is 10.4. The van der Waals surface area contributed by atoms with E-state index in [1.807, 2.05) is 25.1 Å². The molecule has 0 bridgehead atoms. The molecular formula is C24H26N4O5. The summed E-state index contributed by atoms with van der Waals surface area (Å²) >= 11 is 0. The van der Waals surface area contributed by atoms with E-state index in [4.69, 9.17) is 4.74 Å². The molecule has 1 aromatic heterocycles. The standard InChI is InChI=1S/C24H26N4O5/c1-15-10-12-18(13-11-15)23(31)25-14-20(29)33-17(3)22(30)26-21-16(2)27(4)28(24(21)32)19-8-6-5-7-9-19/h5-13,17H,14H2,1-4H3,(H,25,31)(H,26,30). The number of ether oxygens (including phenoxy) is 1. The lowest BCUT2D eigenvalue weighted by molar-refractivity contribution is -0.152. The molecule has 1 atom stereocenters. The van der Waals surface area contributed by atoms with Gasteiger partial charge in [-0.3, -0.25) is 23.9 Å². The molecule has 33 heavy (non-hydrogen) atoms. The zero-order valence-corrected chi connectivity index (χ0v) is 18.9. The second-order valence-electron chi connectivity index (χ2n) is 7.61. The van der Waals surface area contributed by atoms with Crippen molar-refractivity contribution in [1.82, 2.24) is 14.7 Å². The minimum absolute atomic E-state index is 0.0990. The molecule has 1 unspecified atom stereocenters. The summed E-state index contributed by atoms with van der Waals surface area (Å²) in [7, 11) is 1.71. The van der Waals surface area contributed by atoms with Crippen molar-refractivity contribution in [3.63, 3.8) is 0 Å². The molecule has 2 amide bonds. The highest BCUT2D eigenvalue weighted by Gasteiger charge is 2.23. The van der Waals surface area contributed by atoms with E-state index >= 15 is 0 Å². The van der Waals surface area contributed by atoms with Gasteiger partial charge >= 0.3 is 5.97 Å². The maximum Gasteiger partial charge on any atom is 0.326 e. The average Bonchev–Trinajstić information content (AvgIpc) is 3.01. The van der Waals surface area contributed by atoms with Crippen LogP contribution in [0.1, 0.15) is 28.5 Å². The number of amides is 2. The largest absolute Gasteiger partial charge is 0.451 e. The van der Waals surface area contributed by atoms with Crippen LogP contribution in [0, 0.1) is 13.8 Å². The van der Waals surface area contributed by atoms with Gasteiger partial charge in [0.05, 0.1) is 11.4 Å². The molecule has 9 heteroatoms. The van der Waals surface area contributed by atoms with E-state index in [1.54, 1.807) is 55.1 Å². The number of nitrogens with one attached hydrogen (secondary N) is 2. The summed E-state index contributed by atoms with van der Waals surface area (Å²) < 4.78 is 8.17. The van der Waals surface area contributed by atoms with Crippen LogP contribution in [-0.4, -0.2) is 39.8 Å². The van der Waals surface area contributed by atoms with Gasteiger partial charge in [-0.1, -0.05) is 35.9 Å². The summed E-state index contributed by atoms with van der Waals surface area (Å²) in [5.74, 6) is -1.85. The fourth-order valence-electron chi connectivity index (χ4n) is 3.19. The van der Waals surface area contributed by atoms with Crippen LogP contribution in [0.2, 0.25) is 0 Å². The minimum atomic E-state index is -1.17. The van der Waals surface area contributed by atoms with Crippen LogP contribution >= 0.6 is 0 Å². The summed E-state index contributed by atoms with van der Waals surface area (Å²) in [6.45, 7) is 4.60. The third kappa shape index (κ3) is 5.38. The topological polar surface area (TPSA) is 111 Å². The number of nitrogens with zero attached hydrogens (tertiary/aromatic N) is 2. The van der Waals surface area contributed by atoms with Gasteiger partial charge in [-0.25, -0.2) is 4.68 Å². The highest BCUT2D eigenvalue weighted by molar-refractivity contribution is 5.97. The zero-order chi connectivity index (χ0) is 24.1. The normalized spacial score (nSPS) is 11.5. The van der Waals surface area contributed by atoms with Gasteiger partial charge < -0.3 is 15.4 Å². The molecule has 0 aliphatic carbocycles. The predicted octanol–water partition coefficient (Wildman–Crippen LogP) is 2.09. The summed E-state index contributed by atoms with van der Waals surface area (Å²) in [4.78, 5) is 49.7. The molecule has 2 N–H and O–H groups in total. The van der Waals surface area contributed by atoms with Crippen molar-refractivity contribution < 1.29 is 19.1 Å².